The van der Waals surface area contributed by atoms with Gasteiger partial charge in [0.15, 0.2) is 0 Å². The molecule has 0 unspecified atom stereocenters. The molecule has 0 saturated carbocycles. The lowest BCUT2D eigenvalue weighted by molar-refractivity contribution is 0.0954. The fourth-order valence-electron chi connectivity index (χ4n) is 1.03. The van der Waals surface area contributed by atoms with Crippen molar-refractivity contribution in [3.05, 3.63) is 28.2 Å². The predicted octanol–water partition coefficient (Wildman–Crippen LogP) is 0.720. The lowest BCUT2D eigenvalue weighted by Gasteiger charge is -2.04. The van der Waals surface area contributed by atoms with E-state index in [0.717, 1.165) is 4.47 Å². The first-order chi connectivity index (χ1) is 6.63. The summed E-state index contributed by atoms with van der Waals surface area (Å²) in [6.45, 7) is 0.889. The van der Waals surface area contributed by atoms with Crippen molar-refractivity contribution in [3.8, 4) is 0 Å². The highest BCUT2D eigenvalue weighted by atomic mass is 79.9. The zero-order chi connectivity index (χ0) is 10.6. The Morgan fingerprint density at radius 3 is 2.71 bits per heavy atom. The van der Waals surface area contributed by atoms with Crippen molar-refractivity contribution < 1.29 is 4.79 Å². The number of nitrogens with one attached hydrogen (secondary N) is 1. The maximum absolute atomic E-state index is 11.5. The number of hydrogen-bond donors (Lipinski definition) is 3. The average molecular weight is 258 g/mol. The topological polar surface area (TPSA) is 81.1 Å². The number of nitrogen functional groups attached to an aromatic ring is 1. The molecule has 0 heterocycles. The van der Waals surface area contributed by atoms with Crippen LogP contribution in [0.2, 0.25) is 0 Å². The molecular weight excluding hydrogens is 246 g/mol. The van der Waals surface area contributed by atoms with E-state index in [1.165, 1.54) is 0 Å². The molecule has 1 amide bonds. The maximum atomic E-state index is 11.5. The minimum Gasteiger partial charge on any atom is -0.399 e. The highest BCUT2D eigenvalue weighted by Gasteiger charge is 2.05. The summed E-state index contributed by atoms with van der Waals surface area (Å²) in [6, 6.07) is 5.07. The van der Waals surface area contributed by atoms with Crippen LogP contribution < -0.4 is 16.8 Å². The summed E-state index contributed by atoms with van der Waals surface area (Å²) in [6.07, 6.45) is 0. The number of amides is 1. The van der Waals surface area contributed by atoms with Crippen molar-refractivity contribution in [3.63, 3.8) is 0 Å². The molecule has 5 N–H and O–H groups in total. The van der Waals surface area contributed by atoms with Gasteiger partial charge in [-0.2, -0.15) is 0 Å². The zero-order valence-corrected chi connectivity index (χ0v) is 9.17. The molecule has 0 aromatic heterocycles. The predicted molar refractivity (Wildman–Crippen MR) is 59.9 cm³/mol. The van der Waals surface area contributed by atoms with Gasteiger partial charge in [-0.1, -0.05) is 15.9 Å². The fourth-order valence-corrected chi connectivity index (χ4v) is 1.54. The molecule has 0 bridgehead atoms. The second-order valence-corrected chi connectivity index (χ2v) is 3.73. The van der Waals surface area contributed by atoms with Gasteiger partial charge < -0.3 is 16.8 Å². The van der Waals surface area contributed by atoms with Gasteiger partial charge in [-0.25, -0.2) is 0 Å². The lowest BCUT2D eigenvalue weighted by Crippen LogP contribution is -2.29. The Bertz CT molecular complexity index is 321. The van der Waals surface area contributed by atoms with Crippen LogP contribution in [0.5, 0.6) is 0 Å². The van der Waals surface area contributed by atoms with Gasteiger partial charge in [-0.3, -0.25) is 4.79 Å². The molecule has 0 spiro atoms. The zero-order valence-electron chi connectivity index (χ0n) is 7.59. The first-order valence-corrected chi connectivity index (χ1v) is 4.97. The standard InChI is InChI=1S/C9H12BrN3O/c10-7-3-6(4-8(12)5-7)9(14)13-2-1-11/h3-5H,1-2,11-12H2,(H,13,14). The van der Waals surface area contributed by atoms with E-state index in [1.807, 2.05) is 0 Å². The monoisotopic (exact) mass is 257 g/mol. The molecule has 0 radical (unpaired) electrons. The number of nitrogens with two attached hydrogens (primary N) is 2. The molecule has 76 valence electrons. The van der Waals surface area contributed by atoms with Gasteiger partial charge in [0.25, 0.3) is 5.91 Å². The summed E-state index contributed by atoms with van der Waals surface area (Å²) in [5, 5.41) is 2.66. The lowest BCUT2D eigenvalue weighted by atomic mass is 10.2. The Hall–Kier alpha value is -1.07. The van der Waals surface area contributed by atoms with Crippen LogP contribution in [-0.2, 0) is 0 Å². The first-order valence-electron chi connectivity index (χ1n) is 4.18. The largest absolute Gasteiger partial charge is 0.399 e. The van der Waals surface area contributed by atoms with Gasteiger partial charge in [0, 0.05) is 28.8 Å². The summed E-state index contributed by atoms with van der Waals surface area (Å²) in [4.78, 5) is 11.5. The number of rotatable bonds is 3. The minimum atomic E-state index is -0.163. The Morgan fingerprint density at radius 1 is 1.43 bits per heavy atom. The van der Waals surface area contributed by atoms with Crippen LogP contribution in [0.3, 0.4) is 0 Å². The quantitative estimate of drug-likeness (QED) is 0.699. The van der Waals surface area contributed by atoms with Gasteiger partial charge in [0.1, 0.15) is 0 Å². The molecule has 4 nitrogen and oxygen atoms in total. The van der Waals surface area contributed by atoms with E-state index in [0.29, 0.717) is 24.3 Å². The Balaban J connectivity index is 2.79. The van der Waals surface area contributed by atoms with E-state index in [1.54, 1.807) is 18.2 Å². The molecule has 0 fully saturated rings. The van der Waals surface area contributed by atoms with E-state index in [-0.39, 0.29) is 5.91 Å². The molecule has 1 rings (SSSR count). The maximum Gasteiger partial charge on any atom is 0.251 e. The number of halogens is 1. The van der Waals surface area contributed by atoms with Crippen molar-refractivity contribution in [1.82, 2.24) is 5.32 Å². The fraction of sp³-hybridized carbons (Fsp3) is 0.222. The second kappa shape index (κ2) is 4.97. The summed E-state index contributed by atoms with van der Waals surface area (Å²) >= 11 is 3.26. The minimum absolute atomic E-state index is 0.163. The number of anilines is 1. The third kappa shape index (κ3) is 3.01. The normalized spacial score (nSPS) is 9.86. The van der Waals surface area contributed by atoms with Crippen LogP contribution in [0.4, 0.5) is 5.69 Å². The molecular formula is C9H12BrN3O. The van der Waals surface area contributed by atoms with Crippen molar-refractivity contribution in [2.45, 2.75) is 0 Å². The Morgan fingerprint density at radius 2 is 2.14 bits per heavy atom. The van der Waals surface area contributed by atoms with E-state index in [4.69, 9.17) is 11.5 Å². The van der Waals surface area contributed by atoms with Crippen molar-refractivity contribution in [2.24, 2.45) is 5.73 Å². The molecule has 1 aromatic carbocycles. The number of hydrogen-bond acceptors (Lipinski definition) is 3. The molecule has 0 aliphatic rings. The van der Waals surface area contributed by atoms with Gasteiger partial charge >= 0.3 is 0 Å². The van der Waals surface area contributed by atoms with Crippen LogP contribution >= 0.6 is 15.9 Å². The number of benzene rings is 1. The van der Waals surface area contributed by atoms with E-state index in [2.05, 4.69) is 21.2 Å². The van der Waals surface area contributed by atoms with Crippen LogP contribution in [-0.4, -0.2) is 19.0 Å². The molecule has 1 aromatic rings. The first kappa shape index (κ1) is 11.0. The van der Waals surface area contributed by atoms with E-state index >= 15 is 0 Å². The van der Waals surface area contributed by atoms with E-state index in [9.17, 15) is 4.79 Å². The highest BCUT2D eigenvalue weighted by molar-refractivity contribution is 9.10. The van der Waals surface area contributed by atoms with Crippen LogP contribution in [0.15, 0.2) is 22.7 Å². The average Bonchev–Trinajstić information content (AvgIpc) is 2.12. The molecule has 0 aliphatic heterocycles. The SMILES string of the molecule is NCCNC(=O)c1cc(N)cc(Br)c1. The molecule has 5 heteroatoms. The molecule has 0 aliphatic carbocycles. The van der Waals surface area contributed by atoms with Crippen LogP contribution in [0, 0.1) is 0 Å². The summed E-state index contributed by atoms with van der Waals surface area (Å²) in [5.41, 5.74) is 11.9. The summed E-state index contributed by atoms with van der Waals surface area (Å²) < 4.78 is 0.787. The summed E-state index contributed by atoms with van der Waals surface area (Å²) in [7, 11) is 0. The second-order valence-electron chi connectivity index (χ2n) is 2.82. The van der Waals surface area contributed by atoms with Crippen LogP contribution in [0.25, 0.3) is 0 Å². The van der Waals surface area contributed by atoms with Crippen molar-refractivity contribution in [2.75, 3.05) is 18.8 Å². The highest BCUT2D eigenvalue weighted by Crippen LogP contribution is 2.16. The van der Waals surface area contributed by atoms with E-state index < -0.39 is 0 Å². The Labute approximate surface area is 90.8 Å². The molecule has 14 heavy (non-hydrogen) atoms. The van der Waals surface area contributed by atoms with Gasteiger partial charge in [-0.15, -0.1) is 0 Å². The van der Waals surface area contributed by atoms with Gasteiger partial charge in [0.05, 0.1) is 0 Å². The van der Waals surface area contributed by atoms with Gasteiger partial charge in [0.2, 0.25) is 0 Å². The third-order valence-corrected chi connectivity index (χ3v) is 2.07. The van der Waals surface area contributed by atoms with Crippen LogP contribution in [0.1, 0.15) is 10.4 Å². The van der Waals surface area contributed by atoms with Crippen molar-refractivity contribution >= 4 is 27.5 Å². The third-order valence-electron chi connectivity index (χ3n) is 1.61. The smallest absolute Gasteiger partial charge is 0.251 e. The van der Waals surface area contributed by atoms with Gasteiger partial charge in [-0.05, 0) is 18.2 Å². The number of carbonyl (C=O) groups excluding carboxylic acids is 1. The summed E-state index contributed by atoms with van der Waals surface area (Å²) in [5.74, 6) is -0.163. The molecule has 0 saturated heterocycles. The number of carbonyl (C=O) groups is 1. The van der Waals surface area contributed by atoms with Crippen molar-refractivity contribution in [1.29, 1.82) is 0 Å². The molecule has 0 atom stereocenters. The Kier molecular flexibility index (Phi) is 3.91.